The van der Waals surface area contributed by atoms with Crippen molar-refractivity contribution in [3.63, 3.8) is 0 Å². The molecule has 94 valence electrons. The van der Waals surface area contributed by atoms with Gasteiger partial charge in [-0.3, -0.25) is 4.98 Å². The number of halogens is 1. The summed E-state index contributed by atoms with van der Waals surface area (Å²) in [6.45, 7) is 0. The van der Waals surface area contributed by atoms with Crippen LogP contribution in [0.1, 0.15) is 5.69 Å². The third kappa shape index (κ3) is 2.09. The molecule has 0 saturated heterocycles. The minimum atomic E-state index is 0.365. The van der Waals surface area contributed by atoms with Crippen LogP contribution in [0.4, 0.5) is 0 Å². The number of benzene rings is 1. The fourth-order valence-corrected chi connectivity index (χ4v) is 2.44. The predicted molar refractivity (Wildman–Crippen MR) is 82.0 cm³/mol. The molecule has 0 amide bonds. The van der Waals surface area contributed by atoms with E-state index in [-0.39, 0.29) is 0 Å². The minimum Gasteiger partial charge on any atom is -0.388 e. The molecular formula is C14H10ClN3S. The van der Waals surface area contributed by atoms with Crippen molar-refractivity contribution >= 4 is 39.7 Å². The van der Waals surface area contributed by atoms with Gasteiger partial charge in [0.1, 0.15) is 4.99 Å². The van der Waals surface area contributed by atoms with E-state index in [1.165, 1.54) is 0 Å². The van der Waals surface area contributed by atoms with Crippen molar-refractivity contribution < 1.29 is 0 Å². The van der Waals surface area contributed by atoms with Gasteiger partial charge in [0.2, 0.25) is 0 Å². The molecule has 3 nitrogen and oxygen atoms in total. The minimum absolute atomic E-state index is 0.365. The predicted octanol–water partition coefficient (Wildman–Crippen LogP) is 3.31. The lowest BCUT2D eigenvalue weighted by Crippen LogP contribution is -2.14. The summed E-state index contributed by atoms with van der Waals surface area (Å²) < 4.78 is 1.96. The van der Waals surface area contributed by atoms with Crippen LogP contribution in [0.15, 0.2) is 48.8 Å². The van der Waals surface area contributed by atoms with Gasteiger partial charge in [-0.1, -0.05) is 23.8 Å². The van der Waals surface area contributed by atoms with Gasteiger partial charge in [0.05, 0.1) is 16.9 Å². The number of hydrogen-bond acceptors (Lipinski definition) is 2. The standard InChI is InChI=1S/C14H10ClN3S/c15-9-3-4-10-11(8-9)17-6-5-12(10)18-7-1-2-13(18)14(16)19/h1-8H,(H2,16,19). The summed E-state index contributed by atoms with van der Waals surface area (Å²) in [5.41, 5.74) is 8.36. The van der Waals surface area contributed by atoms with E-state index in [2.05, 4.69) is 4.98 Å². The molecule has 0 aliphatic rings. The third-order valence-corrected chi connectivity index (χ3v) is 3.39. The fraction of sp³-hybridized carbons (Fsp3) is 0. The van der Waals surface area contributed by atoms with E-state index in [1.807, 2.05) is 47.2 Å². The zero-order chi connectivity index (χ0) is 13.4. The molecule has 0 fully saturated rings. The second-order valence-corrected chi connectivity index (χ2v) is 5.00. The second kappa shape index (κ2) is 4.64. The molecule has 0 bridgehead atoms. The Labute approximate surface area is 120 Å². The van der Waals surface area contributed by atoms with Crippen molar-refractivity contribution in [3.8, 4) is 5.69 Å². The smallest absolute Gasteiger partial charge is 0.121 e. The Morgan fingerprint density at radius 2 is 2.11 bits per heavy atom. The van der Waals surface area contributed by atoms with Crippen molar-refractivity contribution in [2.45, 2.75) is 0 Å². The molecule has 2 heterocycles. The number of aromatic nitrogens is 2. The maximum Gasteiger partial charge on any atom is 0.121 e. The SMILES string of the molecule is NC(=S)c1cccn1-c1ccnc2cc(Cl)ccc12. The maximum atomic E-state index is 5.99. The van der Waals surface area contributed by atoms with Crippen molar-refractivity contribution in [2.24, 2.45) is 5.73 Å². The first kappa shape index (κ1) is 12.1. The molecule has 0 aliphatic heterocycles. The molecule has 2 aromatic heterocycles. The first-order valence-electron chi connectivity index (χ1n) is 5.68. The van der Waals surface area contributed by atoms with E-state index in [0.717, 1.165) is 22.3 Å². The van der Waals surface area contributed by atoms with Crippen molar-refractivity contribution in [1.82, 2.24) is 9.55 Å². The van der Waals surface area contributed by atoms with Gasteiger partial charge in [-0.05, 0) is 36.4 Å². The second-order valence-electron chi connectivity index (χ2n) is 4.12. The lowest BCUT2D eigenvalue weighted by Gasteiger charge is -2.11. The monoisotopic (exact) mass is 287 g/mol. The van der Waals surface area contributed by atoms with Gasteiger partial charge in [0, 0.05) is 22.8 Å². The molecular weight excluding hydrogens is 278 g/mol. The highest BCUT2D eigenvalue weighted by atomic mass is 35.5. The quantitative estimate of drug-likeness (QED) is 0.736. The molecule has 3 rings (SSSR count). The summed E-state index contributed by atoms with van der Waals surface area (Å²) in [6.07, 6.45) is 3.68. The molecule has 5 heteroatoms. The van der Waals surface area contributed by atoms with Crippen LogP contribution in [0.25, 0.3) is 16.6 Å². The van der Waals surface area contributed by atoms with E-state index < -0.39 is 0 Å². The van der Waals surface area contributed by atoms with Crippen LogP contribution in [-0.2, 0) is 0 Å². The lowest BCUT2D eigenvalue weighted by molar-refractivity contribution is 1.07. The average molecular weight is 288 g/mol. The average Bonchev–Trinajstić information content (AvgIpc) is 2.86. The summed E-state index contributed by atoms with van der Waals surface area (Å²) in [5, 5.41) is 1.67. The Kier molecular flexibility index (Phi) is 2.97. The van der Waals surface area contributed by atoms with Gasteiger partial charge >= 0.3 is 0 Å². The Hall–Kier alpha value is -1.91. The van der Waals surface area contributed by atoms with Crippen LogP contribution in [0.2, 0.25) is 5.02 Å². The summed E-state index contributed by atoms with van der Waals surface area (Å²) in [4.78, 5) is 4.69. The highest BCUT2D eigenvalue weighted by molar-refractivity contribution is 7.80. The van der Waals surface area contributed by atoms with Gasteiger partial charge in [0.15, 0.2) is 0 Å². The molecule has 0 aliphatic carbocycles. The number of fused-ring (bicyclic) bond motifs is 1. The molecule has 2 N–H and O–H groups in total. The zero-order valence-corrected chi connectivity index (χ0v) is 11.4. The summed E-state index contributed by atoms with van der Waals surface area (Å²) >= 11 is 11.1. The van der Waals surface area contributed by atoms with Crippen molar-refractivity contribution in [3.05, 3.63) is 59.5 Å². The molecule has 0 radical (unpaired) electrons. The largest absolute Gasteiger partial charge is 0.388 e. The Morgan fingerprint density at radius 1 is 1.26 bits per heavy atom. The summed E-state index contributed by atoms with van der Waals surface area (Å²) in [5.74, 6) is 0. The Morgan fingerprint density at radius 3 is 2.89 bits per heavy atom. The first-order chi connectivity index (χ1) is 9.16. The van der Waals surface area contributed by atoms with E-state index in [0.29, 0.717) is 10.0 Å². The van der Waals surface area contributed by atoms with Crippen LogP contribution in [0.5, 0.6) is 0 Å². The Balaban J connectivity index is 2.31. The highest BCUT2D eigenvalue weighted by Crippen LogP contribution is 2.24. The van der Waals surface area contributed by atoms with Gasteiger partial charge in [-0.2, -0.15) is 0 Å². The maximum absolute atomic E-state index is 5.99. The topological polar surface area (TPSA) is 43.8 Å². The number of hydrogen-bond donors (Lipinski definition) is 1. The van der Waals surface area contributed by atoms with Crippen LogP contribution >= 0.6 is 23.8 Å². The number of nitrogens with two attached hydrogens (primary N) is 1. The number of thiocarbonyl (C=S) groups is 1. The van der Waals surface area contributed by atoms with Crippen molar-refractivity contribution in [2.75, 3.05) is 0 Å². The van der Waals surface area contributed by atoms with Crippen LogP contribution in [0, 0.1) is 0 Å². The zero-order valence-electron chi connectivity index (χ0n) is 9.88. The van der Waals surface area contributed by atoms with Crippen LogP contribution in [0.3, 0.4) is 0 Å². The summed E-state index contributed by atoms with van der Waals surface area (Å²) in [7, 11) is 0. The van der Waals surface area contributed by atoms with Crippen LogP contribution in [-0.4, -0.2) is 14.5 Å². The molecule has 3 aromatic rings. The molecule has 0 unspecified atom stereocenters. The van der Waals surface area contributed by atoms with E-state index in [1.54, 1.807) is 6.20 Å². The van der Waals surface area contributed by atoms with Gasteiger partial charge in [-0.25, -0.2) is 0 Å². The summed E-state index contributed by atoms with van der Waals surface area (Å²) in [6, 6.07) is 11.4. The van der Waals surface area contributed by atoms with Gasteiger partial charge in [0.25, 0.3) is 0 Å². The number of nitrogens with zero attached hydrogens (tertiary/aromatic N) is 2. The van der Waals surface area contributed by atoms with Gasteiger partial charge in [-0.15, -0.1) is 0 Å². The molecule has 0 saturated carbocycles. The number of pyridine rings is 1. The first-order valence-corrected chi connectivity index (χ1v) is 6.47. The molecule has 0 atom stereocenters. The fourth-order valence-electron chi connectivity index (χ4n) is 2.11. The van der Waals surface area contributed by atoms with Gasteiger partial charge < -0.3 is 10.3 Å². The van der Waals surface area contributed by atoms with Crippen LogP contribution < -0.4 is 5.73 Å². The molecule has 0 spiro atoms. The highest BCUT2D eigenvalue weighted by Gasteiger charge is 2.09. The number of rotatable bonds is 2. The normalized spacial score (nSPS) is 10.8. The van der Waals surface area contributed by atoms with E-state index >= 15 is 0 Å². The molecule has 1 aromatic carbocycles. The van der Waals surface area contributed by atoms with E-state index in [9.17, 15) is 0 Å². The lowest BCUT2D eigenvalue weighted by atomic mass is 10.2. The van der Waals surface area contributed by atoms with E-state index in [4.69, 9.17) is 29.6 Å². The molecule has 19 heavy (non-hydrogen) atoms. The third-order valence-electron chi connectivity index (χ3n) is 2.94. The Bertz CT molecular complexity index is 779. The van der Waals surface area contributed by atoms with Crippen molar-refractivity contribution in [1.29, 1.82) is 0 Å².